The van der Waals surface area contributed by atoms with Gasteiger partial charge in [0.1, 0.15) is 5.82 Å². The van der Waals surface area contributed by atoms with Crippen LogP contribution in [0.1, 0.15) is 37.9 Å². The van der Waals surface area contributed by atoms with Crippen LogP contribution in [-0.2, 0) is 30.2 Å². The maximum absolute atomic E-state index is 13.3. The Bertz CT molecular complexity index is 1350. The van der Waals surface area contributed by atoms with Gasteiger partial charge in [-0.25, -0.2) is 19.5 Å². The summed E-state index contributed by atoms with van der Waals surface area (Å²) in [6, 6.07) is 3.78. The third-order valence-corrected chi connectivity index (χ3v) is 6.74. The average Bonchev–Trinajstić information content (AvgIpc) is 3.25. The molecule has 2 aliphatic heterocycles. The van der Waals surface area contributed by atoms with Crippen LogP contribution in [-0.4, -0.2) is 76.9 Å². The number of aliphatic hydroxyl groups is 1. The number of methoxy groups -OCH3 is 1. The number of likely N-dealkylation sites (tertiary alicyclic amines) is 1. The minimum absolute atomic E-state index is 0.0350. The third-order valence-electron chi connectivity index (χ3n) is 6.74. The molecule has 0 aliphatic carbocycles. The van der Waals surface area contributed by atoms with E-state index in [4.69, 9.17) is 14.2 Å². The number of halogens is 2. The number of ether oxygens (including phenoxy) is 5. The summed E-state index contributed by atoms with van der Waals surface area (Å²) < 4.78 is 51.1. The number of anilines is 1. The number of carboxylic acids is 1. The van der Waals surface area contributed by atoms with E-state index in [1.54, 1.807) is 6.07 Å². The van der Waals surface area contributed by atoms with Crippen LogP contribution >= 0.6 is 0 Å². The Morgan fingerprint density at radius 2 is 1.86 bits per heavy atom. The summed E-state index contributed by atoms with van der Waals surface area (Å²) in [4.78, 5) is 42.6. The Morgan fingerprint density at radius 1 is 1.14 bits per heavy atom. The molecule has 234 valence electrons. The molecule has 4 N–H and O–H groups in total. The number of amides is 3. The Balaban J connectivity index is 1.34. The van der Waals surface area contributed by atoms with E-state index in [-0.39, 0.29) is 36.4 Å². The Labute approximate surface area is 244 Å². The quantitative estimate of drug-likeness (QED) is 0.193. The van der Waals surface area contributed by atoms with Crippen molar-refractivity contribution in [3.8, 4) is 11.5 Å². The number of nitrogens with zero attached hydrogens (tertiary/aromatic N) is 2. The van der Waals surface area contributed by atoms with Crippen molar-refractivity contribution in [3.05, 3.63) is 47.7 Å². The van der Waals surface area contributed by atoms with Crippen LogP contribution in [0.5, 0.6) is 11.5 Å². The summed E-state index contributed by atoms with van der Waals surface area (Å²) in [7, 11) is 1.48. The van der Waals surface area contributed by atoms with Gasteiger partial charge in [-0.3, -0.25) is 4.79 Å². The number of alkyl halides is 2. The molecule has 1 aromatic carbocycles. The van der Waals surface area contributed by atoms with Gasteiger partial charge in [-0.05, 0) is 48.7 Å². The van der Waals surface area contributed by atoms with Crippen molar-refractivity contribution < 1.29 is 57.1 Å². The van der Waals surface area contributed by atoms with E-state index < -0.39 is 54.9 Å². The zero-order chi connectivity index (χ0) is 31.5. The summed E-state index contributed by atoms with van der Waals surface area (Å²) >= 11 is 0. The first kappa shape index (κ1) is 31.8. The predicted molar refractivity (Wildman–Crippen MR) is 142 cm³/mol. The van der Waals surface area contributed by atoms with Gasteiger partial charge in [0, 0.05) is 19.2 Å². The molecule has 2 aromatic rings. The first-order chi connectivity index (χ1) is 20.3. The highest BCUT2D eigenvalue weighted by atomic mass is 19.3. The smallest absolute Gasteiger partial charge is 0.480 e. The minimum Gasteiger partial charge on any atom is -0.480 e. The van der Waals surface area contributed by atoms with Crippen molar-refractivity contribution in [2.45, 2.75) is 58.3 Å². The fourth-order valence-electron chi connectivity index (χ4n) is 4.64. The first-order valence-corrected chi connectivity index (χ1v) is 13.2. The van der Waals surface area contributed by atoms with E-state index in [1.807, 2.05) is 13.8 Å². The van der Waals surface area contributed by atoms with Crippen LogP contribution in [0.3, 0.4) is 0 Å². The number of aromatic nitrogens is 1. The van der Waals surface area contributed by atoms with Crippen molar-refractivity contribution >= 4 is 23.7 Å². The summed E-state index contributed by atoms with van der Waals surface area (Å²) in [5.74, 6) is -3.32. The predicted octanol–water partition coefficient (Wildman–Crippen LogP) is 2.63. The van der Waals surface area contributed by atoms with Crippen molar-refractivity contribution in [3.63, 3.8) is 0 Å². The number of hydrogen-bond donors (Lipinski definition) is 4. The van der Waals surface area contributed by atoms with Gasteiger partial charge in [0.25, 0.3) is 0 Å². The summed E-state index contributed by atoms with van der Waals surface area (Å²) in [6.07, 6.45) is -4.47. The van der Waals surface area contributed by atoms with Crippen molar-refractivity contribution in [2.75, 3.05) is 19.2 Å². The lowest BCUT2D eigenvalue weighted by atomic mass is 9.82. The first-order valence-electron chi connectivity index (χ1n) is 13.2. The maximum atomic E-state index is 13.3. The zero-order valence-corrected chi connectivity index (χ0v) is 23.7. The SMILES string of the molecule is COC(OCOC(O)Nc1cc(C[C@H]2C(=O)N(C(=O)NC(C)c3ccc4c(c3)OC(F)(F)O4)C2C(=O)O)ccn1)C(C)C. The number of aliphatic carboxylic acids is 1. The molecule has 16 heteroatoms. The number of rotatable bonds is 13. The molecule has 43 heavy (non-hydrogen) atoms. The Hall–Kier alpha value is -4.12. The van der Waals surface area contributed by atoms with Gasteiger partial charge >= 0.3 is 18.3 Å². The summed E-state index contributed by atoms with van der Waals surface area (Å²) in [6.45, 7) is 5.03. The van der Waals surface area contributed by atoms with Crippen LogP contribution < -0.4 is 20.1 Å². The molecule has 1 fully saturated rings. The number of aliphatic hydroxyl groups excluding tert-OH is 1. The van der Waals surface area contributed by atoms with Gasteiger partial charge in [0.15, 0.2) is 30.6 Å². The zero-order valence-electron chi connectivity index (χ0n) is 23.7. The van der Waals surface area contributed by atoms with Crippen LogP contribution in [0.15, 0.2) is 36.5 Å². The highest BCUT2D eigenvalue weighted by molar-refractivity contribution is 6.07. The second kappa shape index (κ2) is 13.0. The standard InChI is InChI=1S/C27H32F2N4O10/c1-13(2)24(39-4)40-12-41-26(38)32-20-10-15(7-8-30-20)9-17-21(23(35)36)33(22(17)34)25(37)31-14(3)16-5-6-18-19(11-16)43-27(28,29)42-18/h5-8,10-11,13-14,17,21,24,26,38H,9,12H2,1-4H3,(H,30,32)(H,31,37)(H,35,36)/t14?,17-,21?,24?,26?/m1/s1. The van der Waals surface area contributed by atoms with Gasteiger partial charge in [-0.1, -0.05) is 19.9 Å². The third kappa shape index (κ3) is 7.45. The number of imide groups is 1. The number of fused-ring (bicyclic) bond motifs is 1. The summed E-state index contributed by atoms with van der Waals surface area (Å²) in [5.41, 5.74) is 0.869. The molecule has 4 unspecified atom stereocenters. The summed E-state index contributed by atoms with van der Waals surface area (Å²) in [5, 5.41) is 25.0. The van der Waals surface area contributed by atoms with E-state index in [0.717, 1.165) is 0 Å². The van der Waals surface area contributed by atoms with Gasteiger partial charge in [-0.15, -0.1) is 8.78 Å². The molecule has 2 aliphatic rings. The van der Waals surface area contributed by atoms with E-state index in [2.05, 4.69) is 25.1 Å². The highest BCUT2D eigenvalue weighted by Gasteiger charge is 2.55. The van der Waals surface area contributed by atoms with E-state index >= 15 is 0 Å². The number of pyridine rings is 1. The molecule has 14 nitrogen and oxygen atoms in total. The van der Waals surface area contributed by atoms with Crippen molar-refractivity contribution in [1.82, 2.24) is 15.2 Å². The molecular weight excluding hydrogens is 578 g/mol. The van der Waals surface area contributed by atoms with E-state index in [9.17, 15) is 33.4 Å². The molecule has 1 saturated heterocycles. The Kier molecular flexibility index (Phi) is 9.64. The van der Waals surface area contributed by atoms with Gasteiger partial charge < -0.3 is 44.5 Å². The molecular formula is C27H32F2N4O10. The number of urea groups is 1. The second-order valence-electron chi connectivity index (χ2n) is 10.2. The van der Waals surface area contributed by atoms with Gasteiger partial charge in [0.05, 0.1) is 12.0 Å². The average molecular weight is 611 g/mol. The molecule has 0 spiro atoms. The lowest BCUT2D eigenvalue weighted by Crippen LogP contribution is -2.68. The molecule has 3 amide bonds. The van der Waals surface area contributed by atoms with E-state index in [1.165, 1.54) is 44.5 Å². The maximum Gasteiger partial charge on any atom is 0.586 e. The fourth-order valence-corrected chi connectivity index (χ4v) is 4.64. The minimum atomic E-state index is -3.81. The molecule has 4 rings (SSSR count). The molecule has 5 atom stereocenters. The van der Waals surface area contributed by atoms with Crippen LogP contribution in [0, 0.1) is 11.8 Å². The van der Waals surface area contributed by atoms with Crippen molar-refractivity contribution in [1.29, 1.82) is 0 Å². The number of hydrogen-bond acceptors (Lipinski definition) is 11. The normalized spacial score (nSPS) is 20.7. The molecule has 0 radical (unpaired) electrons. The van der Waals surface area contributed by atoms with Gasteiger partial charge in [-0.2, -0.15) is 0 Å². The Morgan fingerprint density at radius 3 is 2.53 bits per heavy atom. The number of carbonyl (C=O) groups excluding carboxylic acids is 2. The van der Waals surface area contributed by atoms with E-state index in [0.29, 0.717) is 16.0 Å². The van der Waals surface area contributed by atoms with Crippen LogP contribution in [0.2, 0.25) is 0 Å². The van der Waals surface area contributed by atoms with Crippen LogP contribution in [0.4, 0.5) is 19.4 Å². The lowest BCUT2D eigenvalue weighted by Gasteiger charge is -2.43. The van der Waals surface area contributed by atoms with Gasteiger partial charge in [0.2, 0.25) is 12.3 Å². The topological polar surface area (TPSA) is 178 Å². The molecule has 0 bridgehead atoms. The van der Waals surface area contributed by atoms with Crippen LogP contribution in [0.25, 0.3) is 0 Å². The molecule has 1 aromatic heterocycles. The van der Waals surface area contributed by atoms with Crippen molar-refractivity contribution in [2.24, 2.45) is 11.8 Å². The second-order valence-corrected chi connectivity index (χ2v) is 10.2. The highest BCUT2D eigenvalue weighted by Crippen LogP contribution is 2.42. The molecule has 0 saturated carbocycles. The number of carbonyl (C=O) groups is 3. The number of β-lactam (4-membered cyclic amide) rings is 1. The number of carboxylic acid groups (broad SMARTS) is 1. The number of nitrogens with one attached hydrogen (secondary N) is 2. The monoisotopic (exact) mass is 610 g/mol. The number of benzene rings is 1. The largest absolute Gasteiger partial charge is 0.586 e. The molecule has 3 heterocycles. The fraction of sp³-hybridized carbons (Fsp3) is 0.481. The lowest BCUT2D eigenvalue weighted by molar-refractivity contribution is -0.286.